The van der Waals surface area contributed by atoms with Crippen LogP contribution in [0.5, 0.6) is 5.75 Å². The van der Waals surface area contributed by atoms with Crippen molar-refractivity contribution < 1.29 is 18.9 Å². The quantitative estimate of drug-likeness (QED) is 0.162. The number of halogens is 1. The van der Waals surface area contributed by atoms with Crippen molar-refractivity contribution >= 4 is 29.9 Å². The van der Waals surface area contributed by atoms with Gasteiger partial charge in [-0.3, -0.25) is 4.90 Å². The first-order chi connectivity index (χ1) is 15.8. The van der Waals surface area contributed by atoms with Gasteiger partial charge in [0.15, 0.2) is 5.96 Å². The summed E-state index contributed by atoms with van der Waals surface area (Å²) >= 11 is 0. The van der Waals surface area contributed by atoms with Crippen molar-refractivity contribution in [2.24, 2.45) is 4.99 Å². The van der Waals surface area contributed by atoms with Crippen LogP contribution in [0.15, 0.2) is 29.3 Å². The summed E-state index contributed by atoms with van der Waals surface area (Å²) in [5.41, 5.74) is 1.09. The van der Waals surface area contributed by atoms with Crippen molar-refractivity contribution in [2.75, 3.05) is 72.4 Å². The van der Waals surface area contributed by atoms with Gasteiger partial charge in [-0.15, -0.1) is 24.0 Å². The lowest BCUT2D eigenvalue weighted by Crippen LogP contribution is -2.38. The third-order valence-corrected chi connectivity index (χ3v) is 5.58. The van der Waals surface area contributed by atoms with Crippen LogP contribution in [0, 0.1) is 0 Å². The molecule has 3 rings (SSSR count). The number of nitrogens with one attached hydrogen (secondary N) is 2. The van der Waals surface area contributed by atoms with Crippen LogP contribution in [0.2, 0.25) is 0 Å². The molecule has 0 aliphatic carbocycles. The Bertz CT molecular complexity index is 668. The number of rotatable bonds is 13. The molecule has 9 heteroatoms. The van der Waals surface area contributed by atoms with Crippen LogP contribution < -0.4 is 15.4 Å². The number of benzene rings is 1. The van der Waals surface area contributed by atoms with Gasteiger partial charge >= 0.3 is 0 Å². The van der Waals surface area contributed by atoms with Gasteiger partial charge in [0.05, 0.1) is 32.5 Å². The number of nitrogens with zero attached hydrogens (tertiary/aromatic N) is 2. The van der Waals surface area contributed by atoms with Gasteiger partial charge in [0.1, 0.15) is 12.4 Å². The minimum atomic E-state index is 0. The molecule has 0 saturated carbocycles. The molecule has 33 heavy (non-hydrogen) atoms. The molecule has 2 aliphatic rings. The predicted octanol–water partition coefficient (Wildman–Crippen LogP) is 2.66. The van der Waals surface area contributed by atoms with E-state index in [9.17, 15) is 0 Å². The molecule has 0 radical (unpaired) electrons. The van der Waals surface area contributed by atoms with Crippen LogP contribution in [0.25, 0.3) is 0 Å². The lowest BCUT2D eigenvalue weighted by Gasteiger charge is -2.26. The molecule has 2 fully saturated rings. The molecule has 1 atom stereocenters. The molecule has 2 aliphatic heterocycles. The van der Waals surface area contributed by atoms with Gasteiger partial charge in [-0.1, -0.05) is 18.2 Å². The first-order valence-corrected chi connectivity index (χ1v) is 12.1. The lowest BCUT2D eigenvalue weighted by atomic mass is 10.2. The monoisotopic (exact) mass is 576 g/mol. The van der Waals surface area contributed by atoms with Gasteiger partial charge in [0.2, 0.25) is 0 Å². The van der Waals surface area contributed by atoms with E-state index in [-0.39, 0.29) is 30.1 Å². The van der Waals surface area contributed by atoms with E-state index >= 15 is 0 Å². The standard InChI is InChI=1S/C24H40N4O4.HI/c1-2-25-24(26-10-6-14-30-20-22-8-5-15-31-22)27-19-21-7-3-4-9-23(21)32-18-13-28-11-16-29-17-12-28;/h3-4,7,9,22H,2,5-6,8,10-20H2,1H3,(H2,25,26,27);1H. The molecule has 0 aromatic heterocycles. The minimum Gasteiger partial charge on any atom is -0.492 e. The van der Waals surface area contributed by atoms with Crippen LogP contribution in [-0.4, -0.2) is 89.3 Å². The molecule has 1 aromatic carbocycles. The lowest BCUT2D eigenvalue weighted by molar-refractivity contribution is 0.0168. The maximum atomic E-state index is 6.08. The fraction of sp³-hybridized carbons (Fsp3) is 0.708. The van der Waals surface area contributed by atoms with Crippen LogP contribution in [0.4, 0.5) is 0 Å². The number of aliphatic imine (C=N–C) groups is 1. The van der Waals surface area contributed by atoms with E-state index in [0.29, 0.717) is 19.8 Å². The Hall–Kier alpha value is -1.14. The van der Waals surface area contributed by atoms with E-state index in [1.54, 1.807) is 0 Å². The molecular weight excluding hydrogens is 535 g/mol. The van der Waals surface area contributed by atoms with Crippen molar-refractivity contribution in [3.8, 4) is 5.75 Å². The average Bonchev–Trinajstić information content (AvgIpc) is 3.35. The first-order valence-electron chi connectivity index (χ1n) is 12.1. The van der Waals surface area contributed by atoms with E-state index in [1.807, 2.05) is 18.2 Å². The van der Waals surface area contributed by atoms with E-state index < -0.39 is 0 Å². The van der Waals surface area contributed by atoms with Crippen molar-refractivity contribution in [3.05, 3.63) is 29.8 Å². The van der Waals surface area contributed by atoms with E-state index in [0.717, 1.165) is 95.7 Å². The number of hydrogen-bond acceptors (Lipinski definition) is 6. The summed E-state index contributed by atoms with van der Waals surface area (Å²) in [6, 6.07) is 8.15. The minimum absolute atomic E-state index is 0. The second-order valence-electron chi connectivity index (χ2n) is 8.10. The van der Waals surface area contributed by atoms with E-state index in [2.05, 4.69) is 28.5 Å². The first kappa shape index (κ1) is 28.1. The van der Waals surface area contributed by atoms with E-state index in [4.69, 9.17) is 23.9 Å². The summed E-state index contributed by atoms with van der Waals surface area (Å²) < 4.78 is 22.8. The van der Waals surface area contributed by atoms with Gasteiger partial charge in [-0.25, -0.2) is 4.99 Å². The molecule has 1 aromatic rings. The number of para-hydroxylation sites is 1. The average molecular weight is 577 g/mol. The maximum absolute atomic E-state index is 6.08. The summed E-state index contributed by atoms with van der Waals surface area (Å²) in [7, 11) is 0. The van der Waals surface area contributed by atoms with Crippen LogP contribution >= 0.6 is 24.0 Å². The highest BCUT2D eigenvalue weighted by Crippen LogP contribution is 2.19. The van der Waals surface area contributed by atoms with Gasteiger partial charge in [-0.05, 0) is 32.3 Å². The Morgan fingerprint density at radius 2 is 2.00 bits per heavy atom. The summed E-state index contributed by atoms with van der Waals surface area (Å²) in [5, 5.41) is 6.71. The summed E-state index contributed by atoms with van der Waals surface area (Å²) in [5.74, 6) is 1.72. The molecule has 1 unspecified atom stereocenters. The molecule has 8 nitrogen and oxygen atoms in total. The van der Waals surface area contributed by atoms with E-state index in [1.165, 1.54) is 0 Å². The topological polar surface area (TPSA) is 76.6 Å². The highest BCUT2D eigenvalue weighted by atomic mass is 127. The zero-order chi connectivity index (χ0) is 22.3. The fourth-order valence-electron chi connectivity index (χ4n) is 3.76. The summed E-state index contributed by atoms with van der Waals surface area (Å²) in [6.45, 7) is 11.8. The smallest absolute Gasteiger partial charge is 0.191 e. The Kier molecular flexibility index (Phi) is 14.7. The Morgan fingerprint density at radius 1 is 1.15 bits per heavy atom. The largest absolute Gasteiger partial charge is 0.492 e. The van der Waals surface area contributed by atoms with Gasteiger partial charge in [0, 0.05) is 51.5 Å². The molecule has 2 N–H and O–H groups in total. The number of ether oxygens (including phenoxy) is 4. The van der Waals surface area contributed by atoms with Crippen LogP contribution in [0.3, 0.4) is 0 Å². The second-order valence-corrected chi connectivity index (χ2v) is 8.10. The fourth-order valence-corrected chi connectivity index (χ4v) is 3.76. The zero-order valence-electron chi connectivity index (χ0n) is 19.9. The van der Waals surface area contributed by atoms with Crippen LogP contribution in [0.1, 0.15) is 31.7 Å². The molecular formula is C24H41IN4O4. The SMILES string of the molecule is CCNC(=NCc1ccccc1OCCN1CCOCC1)NCCCOCC1CCCO1.I. The number of morpholine rings is 1. The predicted molar refractivity (Wildman–Crippen MR) is 142 cm³/mol. The molecule has 0 amide bonds. The van der Waals surface area contributed by atoms with Crippen LogP contribution in [-0.2, 0) is 20.8 Å². The summed E-state index contributed by atoms with van der Waals surface area (Å²) in [4.78, 5) is 7.13. The van der Waals surface area contributed by atoms with Gasteiger partial charge < -0.3 is 29.6 Å². The van der Waals surface area contributed by atoms with Gasteiger partial charge in [-0.2, -0.15) is 0 Å². The van der Waals surface area contributed by atoms with Crippen molar-refractivity contribution in [3.63, 3.8) is 0 Å². The third-order valence-electron chi connectivity index (χ3n) is 5.58. The summed E-state index contributed by atoms with van der Waals surface area (Å²) in [6.07, 6.45) is 3.49. The van der Waals surface area contributed by atoms with Crippen molar-refractivity contribution in [1.82, 2.24) is 15.5 Å². The Balaban J connectivity index is 0.00000385. The van der Waals surface area contributed by atoms with Crippen molar-refractivity contribution in [2.45, 2.75) is 38.8 Å². The second kappa shape index (κ2) is 17.3. The Labute approximate surface area is 215 Å². The van der Waals surface area contributed by atoms with Crippen molar-refractivity contribution in [1.29, 1.82) is 0 Å². The molecule has 2 heterocycles. The van der Waals surface area contributed by atoms with Gasteiger partial charge in [0.25, 0.3) is 0 Å². The third kappa shape index (κ3) is 11.2. The maximum Gasteiger partial charge on any atom is 0.191 e. The molecule has 0 spiro atoms. The number of guanidine groups is 1. The Morgan fingerprint density at radius 3 is 2.79 bits per heavy atom. The zero-order valence-corrected chi connectivity index (χ0v) is 22.3. The normalized spacial score (nSPS) is 19.2. The molecule has 2 saturated heterocycles. The molecule has 188 valence electrons. The number of hydrogen-bond donors (Lipinski definition) is 2. The highest BCUT2D eigenvalue weighted by molar-refractivity contribution is 14.0. The molecule has 0 bridgehead atoms. The highest BCUT2D eigenvalue weighted by Gasteiger charge is 2.15.